The Balaban J connectivity index is 2.55. The molecule has 2 rings (SSSR count). The summed E-state index contributed by atoms with van der Waals surface area (Å²) in [5, 5.41) is 9.42. The summed E-state index contributed by atoms with van der Waals surface area (Å²) in [5.74, 6) is 0.517. The van der Waals surface area contributed by atoms with Gasteiger partial charge in [-0.3, -0.25) is 0 Å². The summed E-state index contributed by atoms with van der Waals surface area (Å²) in [4.78, 5) is -0.0791. The number of rotatable bonds is 3. The molecule has 0 radical (unpaired) electrons. The van der Waals surface area contributed by atoms with E-state index in [1.54, 1.807) is 18.2 Å². The molecular formula is C10H10ClN3O3S. The summed E-state index contributed by atoms with van der Waals surface area (Å²) in [6, 6.07) is 4.93. The van der Waals surface area contributed by atoms with Crippen LogP contribution in [0.3, 0.4) is 0 Å². The number of benzene rings is 1. The van der Waals surface area contributed by atoms with E-state index in [0.717, 1.165) is 6.20 Å². The van der Waals surface area contributed by atoms with Gasteiger partial charge in [-0.2, -0.15) is 5.10 Å². The van der Waals surface area contributed by atoms with E-state index in [9.17, 15) is 8.42 Å². The van der Waals surface area contributed by atoms with Crippen molar-refractivity contribution >= 4 is 21.6 Å². The zero-order chi connectivity index (χ0) is 13.3. The summed E-state index contributed by atoms with van der Waals surface area (Å²) < 4.78 is 28.8. The van der Waals surface area contributed by atoms with E-state index in [-0.39, 0.29) is 4.90 Å². The van der Waals surface area contributed by atoms with Crippen LogP contribution >= 0.6 is 11.6 Å². The maximum Gasteiger partial charge on any atom is 0.241 e. The Morgan fingerprint density at radius 1 is 1.44 bits per heavy atom. The van der Waals surface area contributed by atoms with Gasteiger partial charge in [0.1, 0.15) is 16.3 Å². The van der Waals surface area contributed by atoms with Crippen molar-refractivity contribution in [2.24, 2.45) is 5.14 Å². The van der Waals surface area contributed by atoms with Crippen molar-refractivity contribution in [3.8, 4) is 11.4 Å². The molecule has 0 aliphatic carbocycles. The number of hydrogen-bond donors (Lipinski definition) is 1. The molecule has 0 saturated heterocycles. The minimum atomic E-state index is -3.78. The third kappa shape index (κ3) is 2.47. The van der Waals surface area contributed by atoms with E-state index < -0.39 is 10.0 Å². The van der Waals surface area contributed by atoms with E-state index in [2.05, 4.69) is 5.10 Å². The van der Waals surface area contributed by atoms with Gasteiger partial charge in [0.05, 0.1) is 19.5 Å². The van der Waals surface area contributed by atoms with Gasteiger partial charge in [0.25, 0.3) is 0 Å². The molecule has 0 bridgehead atoms. The van der Waals surface area contributed by atoms with Crippen molar-refractivity contribution in [2.45, 2.75) is 4.90 Å². The lowest BCUT2D eigenvalue weighted by Gasteiger charge is -2.08. The van der Waals surface area contributed by atoms with Crippen molar-refractivity contribution in [3.05, 3.63) is 35.6 Å². The number of halogens is 1. The molecule has 0 fully saturated rings. The Labute approximate surface area is 109 Å². The molecule has 2 aromatic rings. The summed E-state index contributed by atoms with van der Waals surface area (Å²) in [6.45, 7) is 0. The lowest BCUT2D eigenvalue weighted by atomic mass is 10.3. The van der Waals surface area contributed by atoms with Gasteiger partial charge < -0.3 is 4.74 Å². The predicted molar refractivity (Wildman–Crippen MR) is 66.5 cm³/mol. The van der Waals surface area contributed by atoms with Crippen LogP contribution < -0.4 is 9.88 Å². The van der Waals surface area contributed by atoms with Gasteiger partial charge in [0.15, 0.2) is 0 Å². The standard InChI is InChI=1S/C10H10ClN3O3S/c1-17-10-3-2-7(11)4-9(10)14-6-8(5-13-14)18(12,15)16/h2-6H,1H3,(H2,12,15,16). The molecule has 96 valence electrons. The van der Waals surface area contributed by atoms with Crippen LogP contribution in [-0.4, -0.2) is 25.3 Å². The van der Waals surface area contributed by atoms with Gasteiger partial charge in [0, 0.05) is 5.02 Å². The SMILES string of the molecule is COc1ccc(Cl)cc1-n1cc(S(N)(=O)=O)cn1. The number of hydrogen-bond acceptors (Lipinski definition) is 4. The minimum absolute atomic E-state index is 0.0791. The van der Waals surface area contributed by atoms with Crippen LogP contribution in [0.25, 0.3) is 5.69 Å². The van der Waals surface area contributed by atoms with Gasteiger partial charge in [0.2, 0.25) is 10.0 Å². The molecule has 2 N–H and O–H groups in total. The molecule has 1 aromatic heterocycles. The first-order chi connectivity index (χ1) is 8.41. The van der Waals surface area contributed by atoms with Crippen molar-refractivity contribution in [2.75, 3.05) is 7.11 Å². The molecule has 0 atom stereocenters. The number of sulfonamides is 1. The molecule has 0 unspecified atom stereocenters. The summed E-state index contributed by atoms with van der Waals surface area (Å²) in [6.07, 6.45) is 2.46. The first-order valence-electron chi connectivity index (χ1n) is 4.83. The Morgan fingerprint density at radius 2 is 2.17 bits per heavy atom. The fourth-order valence-electron chi connectivity index (χ4n) is 1.43. The first kappa shape index (κ1) is 12.9. The second-order valence-corrected chi connectivity index (χ2v) is 5.48. The Bertz CT molecular complexity index is 681. The second-order valence-electron chi connectivity index (χ2n) is 3.48. The Morgan fingerprint density at radius 3 is 2.72 bits per heavy atom. The van der Waals surface area contributed by atoms with E-state index in [1.165, 1.54) is 18.0 Å². The molecule has 18 heavy (non-hydrogen) atoms. The predicted octanol–water partition coefficient (Wildman–Crippen LogP) is 1.18. The van der Waals surface area contributed by atoms with E-state index in [0.29, 0.717) is 16.5 Å². The van der Waals surface area contributed by atoms with Gasteiger partial charge in [-0.1, -0.05) is 11.6 Å². The smallest absolute Gasteiger partial charge is 0.241 e. The Hall–Kier alpha value is -1.57. The molecule has 8 heteroatoms. The minimum Gasteiger partial charge on any atom is -0.494 e. The van der Waals surface area contributed by atoms with Gasteiger partial charge in [-0.25, -0.2) is 18.2 Å². The number of aromatic nitrogens is 2. The molecule has 1 heterocycles. The average molecular weight is 288 g/mol. The molecule has 0 aliphatic rings. The van der Waals surface area contributed by atoms with Crippen molar-refractivity contribution < 1.29 is 13.2 Å². The molecule has 1 aromatic carbocycles. The largest absolute Gasteiger partial charge is 0.494 e. The summed E-state index contributed by atoms with van der Waals surface area (Å²) in [5.41, 5.74) is 0.528. The van der Waals surface area contributed by atoms with Gasteiger partial charge in [-0.15, -0.1) is 0 Å². The summed E-state index contributed by atoms with van der Waals surface area (Å²) in [7, 11) is -2.28. The number of methoxy groups -OCH3 is 1. The van der Waals surface area contributed by atoms with Crippen molar-refractivity contribution in [1.82, 2.24) is 9.78 Å². The monoisotopic (exact) mass is 287 g/mol. The van der Waals surface area contributed by atoms with Crippen LogP contribution in [0.15, 0.2) is 35.5 Å². The zero-order valence-corrected chi connectivity index (χ0v) is 10.9. The number of ether oxygens (including phenoxy) is 1. The van der Waals surface area contributed by atoms with Crippen LogP contribution in [0.5, 0.6) is 5.75 Å². The zero-order valence-electron chi connectivity index (χ0n) is 9.37. The quantitative estimate of drug-likeness (QED) is 0.918. The van der Waals surface area contributed by atoms with Gasteiger partial charge >= 0.3 is 0 Å². The van der Waals surface area contributed by atoms with Crippen molar-refractivity contribution in [1.29, 1.82) is 0 Å². The van der Waals surface area contributed by atoms with E-state index in [4.69, 9.17) is 21.5 Å². The highest BCUT2D eigenvalue weighted by Crippen LogP contribution is 2.26. The van der Waals surface area contributed by atoms with Crippen LogP contribution in [0.2, 0.25) is 5.02 Å². The molecule has 0 spiro atoms. The van der Waals surface area contributed by atoms with Crippen molar-refractivity contribution in [3.63, 3.8) is 0 Å². The summed E-state index contributed by atoms with van der Waals surface area (Å²) >= 11 is 5.88. The number of nitrogens with two attached hydrogens (primary N) is 1. The lowest BCUT2D eigenvalue weighted by Crippen LogP contribution is -2.11. The second kappa shape index (κ2) is 4.60. The average Bonchev–Trinajstić information content (AvgIpc) is 2.77. The van der Waals surface area contributed by atoms with E-state index in [1.807, 2.05) is 0 Å². The third-order valence-electron chi connectivity index (χ3n) is 2.28. The fraction of sp³-hybridized carbons (Fsp3) is 0.100. The Kier molecular flexibility index (Phi) is 3.29. The van der Waals surface area contributed by atoms with Crippen LogP contribution in [0, 0.1) is 0 Å². The van der Waals surface area contributed by atoms with Crippen LogP contribution in [0.4, 0.5) is 0 Å². The highest BCUT2D eigenvalue weighted by molar-refractivity contribution is 7.89. The van der Waals surface area contributed by atoms with Gasteiger partial charge in [-0.05, 0) is 18.2 Å². The lowest BCUT2D eigenvalue weighted by molar-refractivity contribution is 0.411. The normalized spacial score (nSPS) is 11.5. The maximum atomic E-state index is 11.2. The molecular weight excluding hydrogens is 278 g/mol. The molecule has 6 nitrogen and oxygen atoms in total. The molecule has 0 saturated carbocycles. The molecule has 0 amide bonds. The number of primary sulfonamides is 1. The highest BCUT2D eigenvalue weighted by atomic mass is 35.5. The number of nitrogens with zero attached hydrogens (tertiary/aromatic N) is 2. The first-order valence-corrected chi connectivity index (χ1v) is 6.75. The fourth-order valence-corrected chi connectivity index (χ4v) is 2.03. The van der Waals surface area contributed by atoms with Crippen LogP contribution in [0.1, 0.15) is 0 Å². The van der Waals surface area contributed by atoms with E-state index >= 15 is 0 Å². The molecule has 0 aliphatic heterocycles. The third-order valence-corrected chi connectivity index (χ3v) is 3.38. The topological polar surface area (TPSA) is 87.2 Å². The van der Waals surface area contributed by atoms with Crippen LogP contribution in [-0.2, 0) is 10.0 Å². The highest BCUT2D eigenvalue weighted by Gasteiger charge is 2.13. The maximum absolute atomic E-state index is 11.2.